The molecule has 4 aromatic rings. The van der Waals surface area contributed by atoms with Gasteiger partial charge in [-0.2, -0.15) is 0 Å². The number of ether oxygens (including phenoxy) is 1. The molecule has 0 radical (unpaired) electrons. The Labute approximate surface area is 230 Å². The molecule has 1 aromatic heterocycles. The second-order valence-corrected chi connectivity index (χ2v) is 13.3. The minimum atomic E-state index is -0.361. The van der Waals surface area contributed by atoms with Crippen molar-refractivity contribution in [3.05, 3.63) is 77.1 Å². The van der Waals surface area contributed by atoms with Crippen molar-refractivity contribution in [3.8, 4) is 11.5 Å². The first-order valence-electron chi connectivity index (χ1n) is 13.1. The number of nitrogens with zero attached hydrogens (tertiary/aromatic N) is 2. The molecule has 0 fully saturated rings. The van der Waals surface area contributed by atoms with Gasteiger partial charge in [0.25, 0.3) is 0 Å². The molecule has 0 amide bonds. The van der Waals surface area contributed by atoms with Crippen LogP contribution in [0.3, 0.4) is 0 Å². The first kappa shape index (κ1) is 28.1. The maximum Gasteiger partial charge on any atom is 0.147 e. The van der Waals surface area contributed by atoms with Crippen molar-refractivity contribution in [1.29, 1.82) is 0 Å². The zero-order valence-electron chi connectivity index (χ0n) is 23.8. The summed E-state index contributed by atoms with van der Waals surface area (Å²) in [6.07, 6.45) is 0.268. The number of rotatable bonds is 7. The quantitative estimate of drug-likeness (QED) is 0.258. The van der Waals surface area contributed by atoms with Crippen molar-refractivity contribution < 1.29 is 14.9 Å². The van der Waals surface area contributed by atoms with Crippen LogP contribution in [0, 0.1) is 0 Å². The van der Waals surface area contributed by atoms with Gasteiger partial charge < -0.3 is 19.5 Å². The van der Waals surface area contributed by atoms with Crippen LogP contribution in [0.25, 0.3) is 11.0 Å². The van der Waals surface area contributed by atoms with Crippen molar-refractivity contribution in [2.45, 2.75) is 88.2 Å². The molecule has 1 atom stereocenters. The Morgan fingerprint density at radius 1 is 0.895 bits per heavy atom. The predicted molar refractivity (Wildman–Crippen MR) is 157 cm³/mol. The van der Waals surface area contributed by atoms with Crippen LogP contribution in [0.2, 0.25) is 0 Å². The van der Waals surface area contributed by atoms with Gasteiger partial charge in [-0.3, -0.25) is 0 Å². The monoisotopic (exact) mass is 532 g/mol. The van der Waals surface area contributed by atoms with Crippen LogP contribution in [0.15, 0.2) is 64.4 Å². The van der Waals surface area contributed by atoms with Gasteiger partial charge in [0.1, 0.15) is 23.9 Å². The number of aromatic nitrogens is 2. The molecule has 5 nitrogen and oxygen atoms in total. The number of aliphatic hydroxyl groups excluding tert-OH is 1. The molecule has 202 valence electrons. The van der Waals surface area contributed by atoms with Gasteiger partial charge in [0.05, 0.1) is 17.1 Å². The van der Waals surface area contributed by atoms with Crippen LogP contribution in [-0.2, 0) is 30.9 Å². The fourth-order valence-corrected chi connectivity index (χ4v) is 5.50. The van der Waals surface area contributed by atoms with Gasteiger partial charge in [0, 0.05) is 28.0 Å². The Kier molecular flexibility index (Phi) is 7.87. The third-order valence-electron chi connectivity index (χ3n) is 6.70. The van der Waals surface area contributed by atoms with Gasteiger partial charge in [-0.25, -0.2) is 4.98 Å². The van der Waals surface area contributed by atoms with Gasteiger partial charge in [0.2, 0.25) is 0 Å². The summed E-state index contributed by atoms with van der Waals surface area (Å²) in [5, 5.41) is 20.6. The average Bonchev–Trinajstić information content (AvgIpc) is 3.13. The fraction of sp³-hybridized carbons (Fsp3) is 0.406. The van der Waals surface area contributed by atoms with Gasteiger partial charge in [0.15, 0.2) is 0 Å². The lowest BCUT2D eigenvalue weighted by molar-refractivity contribution is 0.195. The summed E-state index contributed by atoms with van der Waals surface area (Å²) in [6.45, 7) is 15.0. The summed E-state index contributed by atoms with van der Waals surface area (Å²) >= 11 is 1.70. The molecule has 0 spiro atoms. The number of benzene rings is 3. The molecule has 6 heteroatoms. The summed E-state index contributed by atoms with van der Waals surface area (Å²) in [4.78, 5) is 7.03. The van der Waals surface area contributed by atoms with Gasteiger partial charge in [-0.1, -0.05) is 65.4 Å². The van der Waals surface area contributed by atoms with E-state index in [1.807, 2.05) is 31.3 Å². The highest BCUT2D eigenvalue weighted by Gasteiger charge is 2.26. The second-order valence-electron chi connectivity index (χ2n) is 12.2. The summed E-state index contributed by atoms with van der Waals surface area (Å²) in [5.41, 5.74) is 4.65. The molecule has 3 aromatic carbocycles. The van der Waals surface area contributed by atoms with E-state index in [-0.39, 0.29) is 16.9 Å². The van der Waals surface area contributed by atoms with Crippen LogP contribution in [0.5, 0.6) is 11.5 Å². The van der Waals surface area contributed by atoms with Crippen LogP contribution in [0.1, 0.15) is 71.0 Å². The van der Waals surface area contributed by atoms with E-state index in [2.05, 4.69) is 76.4 Å². The van der Waals surface area contributed by atoms with E-state index in [1.165, 1.54) is 0 Å². The minimum absolute atomic E-state index is 0.168. The molecule has 0 aliphatic heterocycles. The maximum absolute atomic E-state index is 11.1. The zero-order valence-corrected chi connectivity index (χ0v) is 24.6. The standard InChI is InChI=1S/C32H40N2O3S/c1-20(35)15-21-9-11-22(12-10-21)37-19-29-33-27-14-13-23(18-28(27)34(29)8)38-24-16-25(31(2,3)4)30(36)26(17-24)32(5,6)7/h9-14,16-18,20,35-36H,15,19H2,1-8H3. The van der Waals surface area contributed by atoms with Gasteiger partial charge in [-0.05, 0) is 72.2 Å². The molecule has 0 aliphatic carbocycles. The predicted octanol–water partition coefficient (Wildman–Crippen LogP) is 7.53. The number of aryl methyl sites for hydroxylation is 1. The summed E-state index contributed by atoms with van der Waals surface area (Å²) < 4.78 is 8.10. The van der Waals surface area contributed by atoms with E-state index in [4.69, 9.17) is 9.72 Å². The smallest absolute Gasteiger partial charge is 0.147 e. The second kappa shape index (κ2) is 10.7. The number of phenolic OH excluding ortho intramolecular Hbond substituents is 1. The number of aliphatic hydroxyl groups is 1. The van der Waals surface area contributed by atoms with Crippen LogP contribution >= 0.6 is 11.8 Å². The minimum Gasteiger partial charge on any atom is -0.507 e. The first-order valence-corrected chi connectivity index (χ1v) is 13.9. The SMILES string of the molecule is CC(O)Cc1ccc(OCc2nc3ccc(Sc4cc(C(C)(C)C)c(O)c(C(C)(C)C)c4)cc3n2C)cc1. The highest BCUT2D eigenvalue weighted by molar-refractivity contribution is 7.99. The van der Waals surface area contributed by atoms with E-state index in [0.29, 0.717) is 18.8 Å². The van der Waals surface area contributed by atoms with Crippen molar-refractivity contribution in [2.75, 3.05) is 0 Å². The summed E-state index contributed by atoms with van der Waals surface area (Å²) in [7, 11) is 2.02. The van der Waals surface area contributed by atoms with Crippen molar-refractivity contribution >= 4 is 22.8 Å². The van der Waals surface area contributed by atoms with E-state index < -0.39 is 0 Å². The Morgan fingerprint density at radius 2 is 1.50 bits per heavy atom. The first-order chi connectivity index (χ1) is 17.7. The van der Waals surface area contributed by atoms with Crippen LogP contribution in [0.4, 0.5) is 0 Å². The molecule has 4 rings (SSSR count). The molecule has 38 heavy (non-hydrogen) atoms. The Hall–Kier alpha value is -2.96. The fourth-order valence-electron chi connectivity index (χ4n) is 4.57. The normalized spacial score (nSPS) is 13.2. The lowest BCUT2D eigenvalue weighted by Crippen LogP contribution is -2.17. The Balaban J connectivity index is 1.57. The lowest BCUT2D eigenvalue weighted by atomic mass is 9.79. The summed E-state index contributed by atoms with van der Waals surface area (Å²) in [6, 6.07) is 18.4. The molecule has 1 heterocycles. The van der Waals surface area contributed by atoms with E-state index in [0.717, 1.165) is 49.1 Å². The number of fused-ring (bicyclic) bond motifs is 1. The largest absolute Gasteiger partial charge is 0.507 e. The topological polar surface area (TPSA) is 67.5 Å². The number of hydrogen-bond donors (Lipinski definition) is 2. The van der Waals surface area contributed by atoms with Crippen LogP contribution in [-0.4, -0.2) is 25.9 Å². The number of phenols is 1. The Morgan fingerprint density at radius 3 is 2.05 bits per heavy atom. The van der Waals surface area contributed by atoms with Crippen molar-refractivity contribution in [3.63, 3.8) is 0 Å². The van der Waals surface area contributed by atoms with E-state index in [9.17, 15) is 10.2 Å². The van der Waals surface area contributed by atoms with Gasteiger partial charge >= 0.3 is 0 Å². The molecule has 0 saturated heterocycles. The highest BCUT2D eigenvalue weighted by Crippen LogP contribution is 2.43. The Bertz CT molecular complexity index is 1390. The van der Waals surface area contributed by atoms with E-state index >= 15 is 0 Å². The van der Waals surface area contributed by atoms with Crippen LogP contribution < -0.4 is 4.74 Å². The number of imidazole rings is 1. The lowest BCUT2D eigenvalue weighted by Gasteiger charge is -2.28. The molecule has 0 aliphatic rings. The average molecular weight is 533 g/mol. The van der Waals surface area contributed by atoms with Crippen molar-refractivity contribution in [2.24, 2.45) is 7.05 Å². The molecule has 0 bridgehead atoms. The number of aromatic hydroxyl groups is 1. The highest BCUT2D eigenvalue weighted by atomic mass is 32.2. The molecule has 1 unspecified atom stereocenters. The molecule has 0 saturated carbocycles. The molecule has 2 N–H and O–H groups in total. The third kappa shape index (κ3) is 6.36. The maximum atomic E-state index is 11.1. The zero-order chi connectivity index (χ0) is 27.8. The molecular formula is C32H40N2O3S. The molecular weight excluding hydrogens is 492 g/mol. The summed E-state index contributed by atoms with van der Waals surface area (Å²) in [5.74, 6) is 2.03. The number of hydrogen-bond acceptors (Lipinski definition) is 5. The van der Waals surface area contributed by atoms with Gasteiger partial charge in [-0.15, -0.1) is 0 Å². The third-order valence-corrected chi connectivity index (χ3v) is 7.66. The van der Waals surface area contributed by atoms with E-state index in [1.54, 1.807) is 18.7 Å². The van der Waals surface area contributed by atoms with Crippen molar-refractivity contribution in [1.82, 2.24) is 9.55 Å².